The molecule has 28 heavy (non-hydrogen) atoms. The molecule has 2 aromatic rings. The molecule has 0 heterocycles. The number of hydrogen-bond donors (Lipinski definition) is 2. The summed E-state index contributed by atoms with van der Waals surface area (Å²) in [7, 11) is 4.51. The molecule has 0 spiro atoms. The third-order valence-electron chi connectivity index (χ3n) is 4.30. The first-order valence-electron chi connectivity index (χ1n) is 8.95. The summed E-state index contributed by atoms with van der Waals surface area (Å²) in [5.41, 5.74) is 1.28. The zero-order valence-corrected chi connectivity index (χ0v) is 16.8. The highest BCUT2D eigenvalue weighted by Gasteiger charge is 2.16. The molecule has 0 bridgehead atoms. The molecule has 2 rings (SSSR count). The van der Waals surface area contributed by atoms with Crippen molar-refractivity contribution in [1.29, 1.82) is 0 Å². The van der Waals surface area contributed by atoms with Crippen LogP contribution in [0.5, 0.6) is 17.2 Å². The van der Waals surface area contributed by atoms with E-state index in [4.69, 9.17) is 14.2 Å². The Bertz CT molecular complexity index is 825. The second kappa shape index (κ2) is 9.64. The fourth-order valence-electron chi connectivity index (χ4n) is 2.57. The van der Waals surface area contributed by atoms with Crippen molar-refractivity contribution >= 4 is 17.5 Å². The molecule has 0 fully saturated rings. The van der Waals surface area contributed by atoms with Crippen molar-refractivity contribution in [3.63, 3.8) is 0 Å². The van der Waals surface area contributed by atoms with Gasteiger partial charge in [-0.3, -0.25) is 9.59 Å². The second-order valence-corrected chi connectivity index (χ2v) is 6.23. The summed E-state index contributed by atoms with van der Waals surface area (Å²) in [5, 5.41) is 5.68. The minimum atomic E-state index is -0.354. The van der Waals surface area contributed by atoms with Crippen LogP contribution in [0.1, 0.15) is 41.0 Å². The normalized spacial score (nSPS) is 11.3. The van der Waals surface area contributed by atoms with Crippen molar-refractivity contribution in [2.45, 2.75) is 26.3 Å². The molecule has 0 saturated heterocycles. The monoisotopic (exact) mass is 386 g/mol. The molecule has 0 aromatic heterocycles. The molecule has 2 amide bonds. The van der Waals surface area contributed by atoms with Gasteiger partial charge in [-0.2, -0.15) is 0 Å². The lowest BCUT2D eigenvalue weighted by molar-refractivity contribution is 0.0939. The molecule has 0 aliphatic rings. The van der Waals surface area contributed by atoms with Gasteiger partial charge in [-0.05, 0) is 31.5 Å². The average Bonchev–Trinajstić information content (AvgIpc) is 2.72. The molecule has 0 aliphatic heterocycles. The highest BCUT2D eigenvalue weighted by molar-refractivity contribution is 6.06. The second-order valence-electron chi connectivity index (χ2n) is 6.23. The van der Waals surface area contributed by atoms with Gasteiger partial charge in [-0.15, -0.1) is 0 Å². The van der Waals surface area contributed by atoms with E-state index in [-0.39, 0.29) is 17.9 Å². The number of ether oxygens (including phenoxy) is 3. The standard InChI is InChI=1S/C21H26N2O5/c1-6-13(2)22-20(24)14-8-7-9-15(10-14)21(25)23-16-11-17(26-3)19(28-5)18(12-16)27-4/h7-13H,6H2,1-5H3,(H,22,24)(H,23,25). The van der Waals surface area contributed by atoms with Gasteiger partial charge in [0.2, 0.25) is 5.75 Å². The first-order chi connectivity index (χ1) is 13.4. The van der Waals surface area contributed by atoms with E-state index in [2.05, 4.69) is 10.6 Å². The van der Waals surface area contributed by atoms with Crippen molar-refractivity contribution in [2.75, 3.05) is 26.6 Å². The van der Waals surface area contributed by atoms with Gasteiger partial charge >= 0.3 is 0 Å². The lowest BCUT2D eigenvalue weighted by Crippen LogP contribution is -2.32. The fourth-order valence-corrected chi connectivity index (χ4v) is 2.57. The van der Waals surface area contributed by atoms with Crippen molar-refractivity contribution in [1.82, 2.24) is 5.32 Å². The van der Waals surface area contributed by atoms with E-state index in [0.717, 1.165) is 6.42 Å². The number of amides is 2. The lowest BCUT2D eigenvalue weighted by atomic mass is 10.1. The summed E-state index contributed by atoms with van der Waals surface area (Å²) in [6.07, 6.45) is 0.826. The summed E-state index contributed by atoms with van der Waals surface area (Å²) < 4.78 is 15.9. The average molecular weight is 386 g/mol. The van der Waals surface area contributed by atoms with Crippen LogP contribution in [0.3, 0.4) is 0 Å². The Kier molecular flexibility index (Phi) is 7.26. The predicted octanol–water partition coefficient (Wildman–Crippen LogP) is 3.49. The Morgan fingerprint density at radius 3 is 2.00 bits per heavy atom. The SMILES string of the molecule is CCC(C)NC(=O)c1cccc(C(=O)Nc2cc(OC)c(OC)c(OC)c2)c1. The number of anilines is 1. The minimum Gasteiger partial charge on any atom is -0.493 e. The molecule has 1 atom stereocenters. The minimum absolute atomic E-state index is 0.0595. The molecule has 2 N–H and O–H groups in total. The van der Waals surface area contributed by atoms with Crippen LogP contribution in [0.15, 0.2) is 36.4 Å². The maximum Gasteiger partial charge on any atom is 0.255 e. The number of rotatable bonds is 8. The third kappa shape index (κ3) is 4.94. The first-order valence-corrected chi connectivity index (χ1v) is 8.95. The van der Waals surface area contributed by atoms with Crippen LogP contribution in [-0.2, 0) is 0 Å². The molecular weight excluding hydrogens is 360 g/mol. The molecule has 0 aliphatic carbocycles. The number of methoxy groups -OCH3 is 3. The fraction of sp³-hybridized carbons (Fsp3) is 0.333. The predicted molar refractivity (Wildman–Crippen MR) is 108 cm³/mol. The van der Waals surface area contributed by atoms with Gasteiger partial charge in [-0.1, -0.05) is 13.0 Å². The topological polar surface area (TPSA) is 85.9 Å². The van der Waals surface area contributed by atoms with Gasteiger partial charge in [0.05, 0.1) is 21.3 Å². The van der Waals surface area contributed by atoms with E-state index < -0.39 is 0 Å². The molecule has 7 heteroatoms. The number of hydrogen-bond acceptors (Lipinski definition) is 5. The van der Waals surface area contributed by atoms with Crippen LogP contribution in [-0.4, -0.2) is 39.2 Å². The van der Waals surface area contributed by atoms with Crippen molar-refractivity contribution in [3.8, 4) is 17.2 Å². The van der Waals surface area contributed by atoms with Gasteiger partial charge in [0.15, 0.2) is 11.5 Å². The molecule has 7 nitrogen and oxygen atoms in total. The van der Waals surface area contributed by atoms with Crippen molar-refractivity contribution in [2.24, 2.45) is 0 Å². The Hall–Kier alpha value is -3.22. The van der Waals surface area contributed by atoms with Crippen LogP contribution >= 0.6 is 0 Å². The maximum atomic E-state index is 12.7. The van der Waals surface area contributed by atoms with Crippen molar-refractivity contribution in [3.05, 3.63) is 47.5 Å². The van der Waals surface area contributed by atoms with Crippen LogP contribution in [0.2, 0.25) is 0 Å². The largest absolute Gasteiger partial charge is 0.493 e. The van der Waals surface area contributed by atoms with E-state index in [1.54, 1.807) is 36.4 Å². The van der Waals surface area contributed by atoms with Crippen LogP contribution in [0.4, 0.5) is 5.69 Å². The molecule has 0 radical (unpaired) electrons. The first kappa shape index (κ1) is 21.1. The van der Waals surface area contributed by atoms with E-state index in [1.165, 1.54) is 21.3 Å². The summed E-state index contributed by atoms with van der Waals surface area (Å²) >= 11 is 0. The van der Waals surface area contributed by atoms with Crippen LogP contribution in [0, 0.1) is 0 Å². The summed E-state index contributed by atoms with van der Waals surface area (Å²) in [5.74, 6) is 0.730. The van der Waals surface area contributed by atoms with Gasteiger partial charge in [0, 0.05) is 35.0 Å². The molecule has 2 aromatic carbocycles. The van der Waals surface area contributed by atoms with Crippen LogP contribution in [0.25, 0.3) is 0 Å². The van der Waals surface area contributed by atoms with Crippen LogP contribution < -0.4 is 24.8 Å². The van der Waals surface area contributed by atoms with Gasteiger partial charge in [0.1, 0.15) is 0 Å². The summed E-state index contributed by atoms with van der Waals surface area (Å²) in [6, 6.07) is 9.89. The van der Waals surface area contributed by atoms with Crippen molar-refractivity contribution < 1.29 is 23.8 Å². The maximum absolute atomic E-state index is 12.7. The quantitative estimate of drug-likeness (QED) is 0.725. The summed E-state index contributed by atoms with van der Waals surface area (Å²) in [6.45, 7) is 3.92. The van der Waals surface area contributed by atoms with Gasteiger partial charge in [0.25, 0.3) is 11.8 Å². The molecule has 0 saturated carbocycles. The van der Waals surface area contributed by atoms with E-state index >= 15 is 0 Å². The number of nitrogens with one attached hydrogen (secondary N) is 2. The number of carbonyl (C=O) groups excluding carboxylic acids is 2. The Balaban J connectivity index is 2.24. The number of benzene rings is 2. The third-order valence-corrected chi connectivity index (χ3v) is 4.30. The lowest BCUT2D eigenvalue weighted by Gasteiger charge is -2.15. The smallest absolute Gasteiger partial charge is 0.255 e. The molecular formula is C21H26N2O5. The van der Waals surface area contributed by atoms with Gasteiger partial charge < -0.3 is 24.8 Å². The van der Waals surface area contributed by atoms with E-state index in [9.17, 15) is 9.59 Å². The van der Waals surface area contributed by atoms with Gasteiger partial charge in [-0.25, -0.2) is 0 Å². The molecule has 150 valence electrons. The highest BCUT2D eigenvalue weighted by atomic mass is 16.5. The molecule has 1 unspecified atom stereocenters. The Labute approximate surface area is 165 Å². The zero-order chi connectivity index (χ0) is 20.7. The highest BCUT2D eigenvalue weighted by Crippen LogP contribution is 2.40. The van der Waals surface area contributed by atoms with E-state index in [0.29, 0.717) is 34.1 Å². The zero-order valence-electron chi connectivity index (χ0n) is 16.8. The Morgan fingerprint density at radius 1 is 0.929 bits per heavy atom. The number of carbonyl (C=O) groups is 2. The summed E-state index contributed by atoms with van der Waals surface area (Å²) in [4.78, 5) is 25.0. The Morgan fingerprint density at radius 2 is 1.50 bits per heavy atom. The van der Waals surface area contributed by atoms with E-state index in [1.807, 2.05) is 13.8 Å².